The zero-order valence-corrected chi connectivity index (χ0v) is 14.1. The lowest BCUT2D eigenvalue weighted by Gasteiger charge is -2.25. The number of carbonyl (C=O) groups excluding carboxylic acids is 2. The fraction of sp³-hybridized carbons (Fsp3) is 0.444. The molecule has 1 aromatic carbocycles. The van der Waals surface area contributed by atoms with Crippen LogP contribution in [0.5, 0.6) is 0 Å². The quantitative estimate of drug-likeness (QED) is 0.384. The van der Waals surface area contributed by atoms with Gasteiger partial charge in [-0.1, -0.05) is 13.0 Å². The SMILES string of the molecule is C=CCNc1ccc(N2C(=O)[C@@H]3CC[C@H](C)C[C@H]3C2=O)cc1[N+](=O)[O-]. The molecule has 2 aliphatic rings. The van der Waals surface area contributed by atoms with Crippen LogP contribution in [0, 0.1) is 27.9 Å². The first kappa shape index (κ1) is 17.1. The Morgan fingerprint density at radius 2 is 2.04 bits per heavy atom. The molecule has 1 saturated heterocycles. The molecule has 1 aliphatic heterocycles. The van der Waals surface area contributed by atoms with E-state index in [-0.39, 0.29) is 35.0 Å². The summed E-state index contributed by atoms with van der Waals surface area (Å²) in [6.45, 7) is 6.03. The fourth-order valence-corrected chi connectivity index (χ4v) is 3.79. The molecule has 0 aromatic heterocycles. The number of imide groups is 1. The van der Waals surface area contributed by atoms with Gasteiger partial charge in [0.25, 0.3) is 5.69 Å². The molecule has 25 heavy (non-hydrogen) atoms. The van der Waals surface area contributed by atoms with Gasteiger partial charge in [-0.15, -0.1) is 6.58 Å². The van der Waals surface area contributed by atoms with Crippen LogP contribution in [0.1, 0.15) is 26.2 Å². The van der Waals surface area contributed by atoms with Crippen LogP contribution in [0.15, 0.2) is 30.9 Å². The maximum absolute atomic E-state index is 12.7. The van der Waals surface area contributed by atoms with Crippen molar-refractivity contribution in [2.24, 2.45) is 17.8 Å². The lowest BCUT2D eigenvalue weighted by Crippen LogP contribution is -2.31. The van der Waals surface area contributed by atoms with Crippen LogP contribution in [0.4, 0.5) is 17.1 Å². The molecular weight excluding hydrogens is 322 g/mol. The maximum atomic E-state index is 12.7. The number of anilines is 2. The summed E-state index contributed by atoms with van der Waals surface area (Å²) >= 11 is 0. The zero-order valence-electron chi connectivity index (χ0n) is 14.1. The molecule has 1 heterocycles. The predicted octanol–water partition coefficient (Wildman–Crippen LogP) is 3.12. The highest BCUT2D eigenvalue weighted by Crippen LogP contribution is 2.43. The average Bonchev–Trinajstić information content (AvgIpc) is 2.83. The highest BCUT2D eigenvalue weighted by molar-refractivity contribution is 6.22. The first-order chi connectivity index (χ1) is 11.9. The van der Waals surface area contributed by atoms with Gasteiger partial charge in [0.1, 0.15) is 5.69 Å². The molecule has 0 radical (unpaired) electrons. The molecule has 1 aliphatic carbocycles. The molecule has 7 heteroatoms. The van der Waals surface area contributed by atoms with E-state index >= 15 is 0 Å². The lowest BCUT2D eigenvalue weighted by atomic mass is 9.76. The Hall–Kier alpha value is -2.70. The van der Waals surface area contributed by atoms with Gasteiger partial charge >= 0.3 is 0 Å². The first-order valence-electron chi connectivity index (χ1n) is 8.45. The van der Waals surface area contributed by atoms with E-state index in [9.17, 15) is 19.7 Å². The van der Waals surface area contributed by atoms with Gasteiger partial charge in [0.05, 0.1) is 22.4 Å². The minimum Gasteiger partial charge on any atom is -0.376 e. The summed E-state index contributed by atoms with van der Waals surface area (Å²) in [7, 11) is 0. The third-order valence-electron chi connectivity index (χ3n) is 5.06. The Morgan fingerprint density at radius 1 is 1.32 bits per heavy atom. The second-order valence-electron chi connectivity index (χ2n) is 6.77. The van der Waals surface area contributed by atoms with Crippen LogP contribution in [0.2, 0.25) is 0 Å². The average molecular weight is 343 g/mol. The summed E-state index contributed by atoms with van der Waals surface area (Å²) in [6.07, 6.45) is 3.93. The standard InChI is InChI=1S/C18H21N3O4/c1-3-8-19-15-7-5-12(10-16(15)21(24)25)20-17(22)13-6-4-11(2)9-14(13)18(20)23/h3,5,7,10-11,13-14,19H,1,4,6,8-9H2,2H3/t11-,13+,14+/m0/s1. The predicted molar refractivity (Wildman–Crippen MR) is 94.3 cm³/mol. The van der Waals surface area contributed by atoms with Crippen molar-refractivity contribution in [2.75, 3.05) is 16.8 Å². The van der Waals surface area contributed by atoms with Crippen LogP contribution in [0.25, 0.3) is 0 Å². The van der Waals surface area contributed by atoms with E-state index in [1.54, 1.807) is 12.1 Å². The topological polar surface area (TPSA) is 92.6 Å². The Morgan fingerprint density at radius 3 is 2.72 bits per heavy atom. The van der Waals surface area contributed by atoms with E-state index in [0.717, 1.165) is 11.3 Å². The van der Waals surface area contributed by atoms with Gasteiger partial charge < -0.3 is 5.32 Å². The van der Waals surface area contributed by atoms with E-state index in [0.29, 0.717) is 31.0 Å². The van der Waals surface area contributed by atoms with Gasteiger partial charge in [0.2, 0.25) is 11.8 Å². The molecule has 7 nitrogen and oxygen atoms in total. The van der Waals surface area contributed by atoms with Gasteiger partial charge in [0, 0.05) is 12.6 Å². The molecule has 1 aromatic rings. The third kappa shape index (κ3) is 3.01. The second kappa shape index (κ2) is 6.66. The highest BCUT2D eigenvalue weighted by Gasteiger charge is 2.50. The first-order valence-corrected chi connectivity index (χ1v) is 8.45. The minimum absolute atomic E-state index is 0.164. The molecule has 1 saturated carbocycles. The molecule has 2 amide bonds. The van der Waals surface area contributed by atoms with Crippen LogP contribution in [0.3, 0.4) is 0 Å². The lowest BCUT2D eigenvalue weighted by molar-refractivity contribution is -0.383. The van der Waals surface area contributed by atoms with Crippen LogP contribution < -0.4 is 10.2 Å². The number of nitrogens with zero attached hydrogens (tertiary/aromatic N) is 2. The van der Waals surface area contributed by atoms with Gasteiger partial charge in [-0.3, -0.25) is 19.7 Å². The second-order valence-corrected chi connectivity index (χ2v) is 6.77. The van der Waals surface area contributed by atoms with Gasteiger partial charge in [0.15, 0.2) is 0 Å². The number of nitro groups is 1. The molecule has 0 bridgehead atoms. The third-order valence-corrected chi connectivity index (χ3v) is 5.06. The Balaban J connectivity index is 1.94. The Labute approximate surface area is 145 Å². The molecule has 3 atom stereocenters. The number of rotatable bonds is 5. The van der Waals surface area contributed by atoms with E-state index in [1.807, 2.05) is 0 Å². The van der Waals surface area contributed by atoms with Crippen LogP contribution in [-0.2, 0) is 9.59 Å². The van der Waals surface area contributed by atoms with Crippen molar-refractivity contribution in [3.63, 3.8) is 0 Å². The fourth-order valence-electron chi connectivity index (χ4n) is 3.79. The van der Waals surface area contributed by atoms with Crippen molar-refractivity contribution in [3.8, 4) is 0 Å². The molecule has 0 unspecified atom stereocenters. The highest BCUT2D eigenvalue weighted by atomic mass is 16.6. The number of benzene rings is 1. The summed E-state index contributed by atoms with van der Waals surface area (Å²) in [5.74, 6) is -0.640. The smallest absolute Gasteiger partial charge is 0.294 e. The van der Waals surface area contributed by atoms with Crippen molar-refractivity contribution in [2.45, 2.75) is 26.2 Å². The molecule has 3 rings (SSSR count). The van der Waals surface area contributed by atoms with E-state index in [2.05, 4.69) is 18.8 Å². The van der Waals surface area contributed by atoms with Crippen molar-refractivity contribution in [1.82, 2.24) is 0 Å². The zero-order chi connectivity index (χ0) is 18.1. The van der Waals surface area contributed by atoms with Gasteiger partial charge in [-0.05, 0) is 37.3 Å². The monoisotopic (exact) mass is 343 g/mol. The summed E-state index contributed by atoms with van der Waals surface area (Å²) in [5.41, 5.74) is 0.440. The number of carbonyl (C=O) groups is 2. The number of nitro benzene ring substituents is 1. The largest absolute Gasteiger partial charge is 0.376 e. The number of amides is 2. The number of hydrogen-bond donors (Lipinski definition) is 1. The minimum atomic E-state index is -0.519. The normalized spacial score (nSPS) is 25.6. The maximum Gasteiger partial charge on any atom is 0.294 e. The Kier molecular flexibility index (Phi) is 4.57. The molecular formula is C18H21N3O4. The number of nitrogens with one attached hydrogen (secondary N) is 1. The van der Waals surface area contributed by atoms with E-state index < -0.39 is 4.92 Å². The molecule has 2 fully saturated rings. The van der Waals surface area contributed by atoms with Crippen LogP contribution in [-0.4, -0.2) is 23.3 Å². The van der Waals surface area contributed by atoms with E-state index in [1.165, 1.54) is 12.1 Å². The van der Waals surface area contributed by atoms with Gasteiger partial charge in [-0.25, -0.2) is 4.90 Å². The number of hydrogen-bond acceptors (Lipinski definition) is 5. The van der Waals surface area contributed by atoms with Gasteiger partial charge in [-0.2, -0.15) is 0 Å². The summed E-state index contributed by atoms with van der Waals surface area (Å²) in [4.78, 5) is 37.4. The summed E-state index contributed by atoms with van der Waals surface area (Å²) in [5, 5.41) is 14.3. The van der Waals surface area contributed by atoms with Crippen LogP contribution >= 0.6 is 0 Å². The van der Waals surface area contributed by atoms with Crippen molar-refractivity contribution >= 4 is 28.9 Å². The molecule has 1 N–H and O–H groups in total. The van der Waals surface area contributed by atoms with Crippen molar-refractivity contribution in [3.05, 3.63) is 41.0 Å². The Bertz CT molecular complexity index is 746. The summed E-state index contributed by atoms with van der Waals surface area (Å²) < 4.78 is 0. The van der Waals surface area contributed by atoms with Crippen molar-refractivity contribution in [1.29, 1.82) is 0 Å². The number of fused-ring (bicyclic) bond motifs is 1. The molecule has 132 valence electrons. The summed E-state index contributed by atoms with van der Waals surface area (Å²) in [6, 6.07) is 4.40. The van der Waals surface area contributed by atoms with E-state index in [4.69, 9.17) is 0 Å². The molecule has 0 spiro atoms. The van der Waals surface area contributed by atoms with Crippen molar-refractivity contribution < 1.29 is 14.5 Å².